The fraction of sp³-hybridized carbons (Fsp3) is 0.381. The monoisotopic (exact) mass is 400 g/mol. The van der Waals surface area contributed by atoms with E-state index in [1.807, 2.05) is 6.92 Å². The van der Waals surface area contributed by atoms with Crippen molar-refractivity contribution in [2.45, 2.75) is 45.2 Å². The number of fused-ring (bicyclic) bond motifs is 1. The summed E-state index contributed by atoms with van der Waals surface area (Å²) in [7, 11) is 0. The van der Waals surface area contributed by atoms with Crippen molar-refractivity contribution < 1.29 is 18.3 Å². The van der Waals surface area contributed by atoms with Gasteiger partial charge in [0.05, 0.1) is 11.5 Å². The summed E-state index contributed by atoms with van der Waals surface area (Å²) < 4.78 is 37.6. The van der Waals surface area contributed by atoms with Crippen molar-refractivity contribution in [2.24, 2.45) is 5.92 Å². The number of hydrogen-bond acceptors (Lipinski definition) is 4. The third-order valence-electron chi connectivity index (χ3n) is 5.72. The number of amides is 1. The van der Waals surface area contributed by atoms with Crippen LogP contribution in [0.25, 0.3) is 11.0 Å². The minimum atomic E-state index is -1.71. The first-order valence-corrected chi connectivity index (χ1v) is 9.56. The summed E-state index contributed by atoms with van der Waals surface area (Å²) in [5, 5.41) is 2.63. The zero-order valence-electron chi connectivity index (χ0n) is 16.4. The average Bonchev–Trinajstić information content (AvgIpc) is 3.17. The Morgan fingerprint density at radius 1 is 1.31 bits per heavy atom. The van der Waals surface area contributed by atoms with Gasteiger partial charge in [-0.15, -0.1) is 0 Å². The van der Waals surface area contributed by atoms with Crippen LogP contribution in [0.3, 0.4) is 0 Å². The lowest BCUT2D eigenvalue weighted by Crippen LogP contribution is -2.33. The minimum Gasteiger partial charge on any atom is -0.351 e. The van der Waals surface area contributed by atoms with E-state index in [0.717, 1.165) is 6.20 Å². The molecule has 4 rings (SSSR count). The van der Waals surface area contributed by atoms with Crippen LogP contribution in [-0.2, 0) is 4.74 Å². The van der Waals surface area contributed by atoms with Crippen molar-refractivity contribution in [1.82, 2.24) is 14.5 Å². The predicted octanol–water partition coefficient (Wildman–Crippen LogP) is 4.49. The summed E-state index contributed by atoms with van der Waals surface area (Å²) in [4.78, 5) is 20.6. The molecule has 0 bridgehead atoms. The van der Waals surface area contributed by atoms with Gasteiger partial charge in [0, 0.05) is 17.7 Å². The van der Waals surface area contributed by atoms with Crippen LogP contribution in [0.1, 0.15) is 43.8 Å². The largest absolute Gasteiger partial charge is 0.351 e. The minimum absolute atomic E-state index is 0.0174. The molecule has 3 aromatic rings. The molecule has 1 saturated heterocycles. The van der Waals surface area contributed by atoms with Gasteiger partial charge >= 0.3 is 0 Å². The van der Waals surface area contributed by atoms with Gasteiger partial charge in [0.2, 0.25) is 0 Å². The highest BCUT2D eigenvalue weighted by molar-refractivity contribution is 6.07. The normalized spacial score (nSPS) is 26.7. The number of nitrogens with one attached hydrogen (secondary N) is 1. The second kappa shape index (κ2) is 7.18. The Balaban J connectivity index is 1.74. The van der Waals surface area contributed by atoms with Crippen LogP contribution in [0, 0.1) is 11.7 Å². The molecule has 0 spiro atoms. The van der Waals surface area contributed by atoms with Gasteiger partial charge in [-0.2, -0.15) is 0 Å². The number of halogens is 2. The second-order valence-corrected chi connectivity index (χ2v) is 7.50. The molecule has 0 aliphatic carbocycles. The zero-order valence-corrected chi connectivity index (χ0v) is 16.4. The molecule has 0 radical (unpaired) electrons. The maximum absolute atomic E-state index is 15.5. The van der Waals surface area contributed by atoms with Crippen LogP contribution in [0.2, 0.25) is 0 Å². The summed E-state index contributed by atoms with van der Waals surface area (Å²) >= 11 is 0. The number of hydrogen-bond donors (Lipinski definition) is 1. The number of carbonyl (C=O) groups excluding carboxylic acids is 1. The van der Waals surface area contributed by atoms with E-state index in [4.69, 9.17) is 4.74 Å². The quantitative estimate of drug-likeness (QED) is 0.700. The van der Waals surface area contributed by atoms with Crippen molar-refractivity contribution >= 4 is 22.8 Å². The molecule has 152 valence electrons. The molecule has 4 atom stereocenters. The molecule has 0 unspecified atom stereocenters. The van der Waals surface area contributed by atoms with E-state index in [-0.39, 0.29) is 28.9 Å². The molecule has 1 amide bonds. The number of aromatic nitrogens is 3. The zero-order chi connectivity index (χ0) is 20.8. The molecule has 29 heavy (non-hydrogen) atoms. The first-order valence-electron chi connectivity index (χ1n) is 9.56. The third-order valence-corrected chi connectivity index (χ3v) is 5.72. The topological polar surface area (TPSA) is 69.0 Å². The molecule has 6 nitrogen and oxygen atoms in total. The number of anilines is 1. The van der Waals surface area contributed by atoms with Gasteiger partial charge in [0.15, 0.2) is 23.4 Å². The lowest BCUT2D eigenvalue weighted by molar-refractivity contribution is -0.0450. The Morgan fingerprint density at radius 3 is 2.69 bits per heavy atom. The molecule has 8 heteroatoms. The molecule has 1 N–H and O–H groups in total. The highest BCUT2D eigenvalue weighted by atomic mass is 19.1. The van der Waals surface area contributed by atoms with E-state index in [9.17, 15) is 9.18 Å². The lowest BCUT2D eigenvalue weighted by Gasteiger charge is -2.26. The van der Waals surface area contributed by atoms with E-state index in [1.54, 1.807) is 37.3 Å². The van der Waals surface area contributed by atoms with Gasteiger partial charge in [-0.1, -0.05) is 32.0 Å². The van der Waals surface area contributed by atoms with Crippen molar-refractivity contribution in [3.63, 3.8) is 0 Å². The van der Waals surface area contributed by atoms with Gasteiger partial charge in [-0.25, -0.2) is 18.7 Å². The maximum Gasteiger partial charge on any atom is 0.256 e. The SMILES string of the molecule is CC[C@H]1O[C@@H](n2cc(F)c3c(NC(=O)c4ccccc4)ncnc32)[C@](C)(F)[C@@H]1C. The molecular formula is C21H22F2N4O2. The van der Waals surface area contributed by atoms with Crippen molar-refractivity contribution in [1.29, 1.82) is 0 Å². The Kier molecular flexibility index (Phi) is 4.82. The number of ether oxygens (including phenoxy) is 1. The second-order valence-electron chi connectivity index (χ2n) is 7.50. The molecule has 1 fully saturated rings. The fourth-order valence-corrected chi connectivity index (χ4v) is 3.87. The molecule has 1 aliphatic heterocycles. The molecule has 1 aromatic carbocycles. The third kappa shape index (κ3) is 3.17. The number of nitrogens with zero attached hydrogens (tertiary/aromatic N) is 3. The number of rotatable bonds is 4. The Hall–Kier alpha value is -2.87. The van der Waals surface area contributed by atoms with E-state index in [1.165, 1.54) is 17.8 Å². The number of alkyl halides is 1. The molecule has 0 saturated carbocycles. The van der Waals surface area contributed by atoms with Crippen LogP contribution in [0.4, 0.5) is 14.6 Å². The van der Waals surface area contributed by atoms with Gasteiger partial charge in [-0.3, -0.25) is 9.36 Å². The van der Waals surface area contributed by atoms with E-state index < -0.39 is 23.6 Å². The predicted molar refractivity (Wildman–Crippen MR) is 105 cm³/mol. The maximum atomic E-state index is 15.5. The lowest BCUT2D eigenvalue weighted by atomic mass is 9.88. The molecule has 2 aromatic heterocycles. The van der Waals surface area contributed by atoms with Gasteiger partial charge in [-0.05, 0) is 25.5 Å². The Bertz CT molecular complexity index is 1050. The first kappa shape index (κ1) is 19.4. The summed E-state index contributed by atoms with van der Waals surface area (Å²) in [5.74, 6) is -1.42. The van der Waals surface area contributed by atoms with E-state index >= 15 is 4.39 Å². The smallest absolute Gasteiger partial charge is 0.256 e. The highest BCUT2D eigenvalue weighted by Crippen LogP contribution is 2.47. The van der Waals surface area contributed by atoms with Gasteiger partial charge in [0.1, 0.15) is 12.1 Å². The van der Waals surface area contributed by atoms with Crippen molar-refractivity contribution in [3.05, 3.63) is 54.2 Å². The molecule has 1 aliphatic rings. The van der Waals surface area contributed by atoms with E-state index in [2.05, 4.69) is 15.3 Å². The van der Waals surface area contributed by atoms with E-state index in [0.29, 0.717) is 12.0 Å². The number of benzene rings is 1. The average molecular weight is 400 g/mol. The van der Waals surface area contributed by atoms with Gasteiger partial charge < -0.3 is 10.1 Å². The van der Waals surface area contributed by atoms with Crippen LogP contribution < -0.4 is 5.32 Å². The van der Waals surface area contributed by atoms with Crippen LogP contribution in [-0.4, -0.2) is 32.2 Å². The summed E-state index contributed by atoms with van der Waals surface area (Å²) in [6.45, 7) is 5.17. The molecular weight excluding hydrogens is 378 g/mol. The Labute approximate surface area is 166 Å². The Morgan fingerprint density at radius 2 is 2.03 bits per heavy atom. The standard InChI is InChI=1S/C21H22F2N4O2/c1-4-15-12(2)21(3,23)20(29-15)27-10-14(22)16-17(24-11-25-18(16)27)26-19(28)13-8-6-5-7-9-13/h5-12,15,20H,4H2,1-3H3,(H,24,25,26,28)/t12-,15-,20-,21-/m1/s1. The van der Waals surface area contributed by atoms with Crippen LogP contribution in [0.15, 0.2) is 42.9 Å². The van der Waals surface area contributed by atoms with Crippen molar-refractivity contribution in [2.75, 3.05) is 5.32 Å². The van der Waals surface area contributed by atoms with Crippen LogP contribution in [0.5, 0.6) is 0 Å². The molecule has 3 heterocycles. The van der Waals surface area contributed by atoms with Crippen molar-refractivity contribution in [3.8, 4) is 0 Å². The number of carbonyl (C=O) groups is 1. The highest BCUT2D eigenvalue weighted by Gasteiger charge is 2.52. The first-order chi connectivity index (χ1) is 13.8. The van der Waals surface area contributed by atoms with Gasteiger partial charge in [0.25, 0.3) is 5.91 Å². The summed E-state index contributed by atoms with van der Waals surface area (Å²) in [5.41, 5.74) is -1.13. The van der Waals surface area contributed by atoms with Crippen LogP contribution >= 0.6 is 0 Å². The summed E-state index contributed by atoms with van der Waals surface area (Å²) in [6.07, 6.45) is 1.71. The summed E-state index contributed by atoms with van der Waals surface area (Å²) in [6, 6.07) is 8.53. The fourth-order valence-electron chi connectivity index (χ4n) is 3.87.